The molecule has 1 aliphatic heterocycles. The first kappa shape index (κ1) is 11.9. The zero-order valence-corrected chi connectivity index (χ0v) is 9.63. The summed E-state index contributed by atoms with van der Waals surface area (Å²) in [7, 11) is -0.927. The van der Waals surface area contributed by atoms with Gasteiger partial charge in [-0.3, -0.25) is 4.90 Å². The summed E-state index contributed by atoms with van der Waals surface area (Å²) >= 11 is 0. The highest BCUT2D eigenvalue weighted by Crippen LogP contribution is 2.16. The molecule has 1 heterocycles. The van der Waals surface area contributed by atoms with Crippen LogP contribution in [0.1, 0.15) is 19.8 Å². The Morgan fingerprint density at radius 2 is 2.21 bits per heavy atom. The quantitative estimate of drug-likeness (QED) is 0.719. The normalized spacial score (nSPS) is 28.1. The summed E-state index contributed by atoms with van der Waals surface area (Å²) in [5, 5.41) is 9.43. The first-order chi connectivity index (χ1) is 6.44. The Bertz CT molecular complexity index is 276. The van der Waals surface area contributed by atoms with E-state index in [1.54, 1.807) is 0 Å². The van der Waals surface area contributed by atoms with Crippen LogP contribution in [0.2, 0.25) is 0 Å². The average Bonchev–Trinajstić information content (AvgIpc) is 2.46. The third-order valence-corrected chi connectivity index (χ3v) is 4.55. The van der Waals surface area contributed by atoms with Crippen LogP contribution < -0.4 is 0 Å². The van der Waals surface area contributed by atoms with Gasteiger partial charge in [-0.2, -0.15) is 0 Å². The highest BCUT2D eigenvalue weighted by Gasteiger charge is 2.30. The highest BCUT2D eigenvalue weighted by molar-refractivity contribution is 7.91. The lowest BCUT2D eigenvalue weighted by molar-refractivity contribution is 0.106. The Morgan fingerprint density at radius 1 is 1.57 bits per heavy atom. The molecule has 0 bridgehead atoms. The standard InChI is InChI=1S/C9H19NO3S/c1-3-9(11)6-10(2)8-4-5-14(12,13)7-8/h8-9,11H,3-7H2,1-2H3. The van der Waals surface area contributed by atoms with Crippen LogP contribution in [0.15, 0.2) is 0 Å². The van der Waals surface area contributed by atoms with Crippen molar-refractivity contribution in [2.24, 2.45) is 0 Å². The van der Waals surface area contributed by atoms with Crippen molar-refractivity contribution >= 4 is 9.84 Å². The maximum absolute atomic E-state index is 11.2. The molecule has 1 saturated heterocycles. The first-order valence-electron chi connectivity index (χ1n) is 5.03. The lowest BCUT2D eigenvalue weighted by Gasteiger charge is -2.25. The average molecular weight is 221 g/mol. The van der Waals surface area contributed by atoms with E-state index in [1.165, 1.54) is 0 Å². The molecule has 1 aliphatic rings. The van der Waals surface area contributed by atoms with Gasteiger partial charge >= 0.3 is 0 Å². The second-order valence-corrected chi connectivity index (χ2v) is 6.29. The molecule has 1 fully saturated rings. The van der Waals surface area contributed by atoms with Crippen LogP contribution in [0.3, 0.4) is 0 Å². The fraction of sp³-hybridized carbons (Fsp3) is 1.00. The number of aliphatic hydroxyl groups is 1. The second-order valence-electron chi connectivity index (χ2n) is 4.06. The van der Waals surface area contributed by atoms with E-state index < -0.39 is 9.84 Å². The zero-order chi connectivity index (χ0) is 10.8. The predicted molar refractivity (Wildman–Crippen MR) is 56.0 cm³/mol. The van der Waals surface area contributed by atoms with Gasteiger partial charge in [0.2, 0.25) is 0 Å². The van der Waals surface area contributed by atoms with Crippen LogP contribution in [-0.2, 0) is 9.84 Å². The Hall–Kier alpha value is -0.130. The lowest BCUT2D eigenvalue weighted by Crippen LogP contribution is -2.38. The molecule has 84 valence electrons. The van der Waals surface area contributed by atoms with Gasteiger partial charge < -0.3 is 5.11 Å². The van der Waals surface area contributed by atoms with E-state index >= 15 is 0 Å². The Kier molecular flexibility index (Phi) is 3.92. The molecule has 4 nitrogen and oxygen atoms in total. The molecule has 0 aromatic carbocycles. The lowest BCUT2D eigenvalue weighted by atomic mass is 10.2. The summed E-state index contributed by atoms with van der Waals surface area (Å²) in [4.78, 5) is 1.96. The summed E-state index contributed by atoms with van der Waals surface area (Å²) in [6.07, 6.45) is 1.07. The molecule has 0 amide bonds. The molecule has 0 spiro atoms. The van der Waals surface area contributed by atoms with Crippen molar-refractivity contribution in [1.29, 1.82) is 0 Å². The van der Waals surface area contributed by atoms with Crippen molar-refractivity contribution in [1.82, 2.24) is 4.90 Å². The maximum atomic E-state index is 11.2. The molecule has 14 heavy (non-hydrogen) atoms. The minimum Gasteiger partial charge on any atom is -0.392 e. The van der Waals surface area contributed by atoms with Crippen LogP contribution in [0.25, 0.3) is 0 Å². The molecule has 0 radical (unpaired) electrons. The Balaban J connectivity index is 2.43. The van der Waals surface area contributed by atoms with E-state index in [-0.39, 0.29) is 17.9 Å². The number of aliphatic hydroxyl groups excluding tert-OH is 1. The molecular weight excluding hydrogens is 202 g/mol. The van der Waals surface area contributed by atoms with Crippen LogP contribution >= 0.6 is 0 Å². The van der Waals surface area contributed by atoms with E-state index in [0.29, 0.717) is 25.1 Å². The molecule has 1 N–H and O–H groups in total. The fourth-order valence-corrected chi connectivity index (χ4v) is 3.54. The summed E-state index contributed by atoms with van der Waals surface area (Å²) < 4.78 is 22.4. The van der Waals surface area contributed by atoms with E-state index in [4.69, 9.17) is 0 Å². The van der Waals surface area contributed by atoms with Gasteiger partial charge in [0, 0.05) is 12.6 Å². The molecule has 0 aliphatic carbocycles. The minimum absolute atomic E-state index is 0.0983. The van der Waals surface area contributed by atoms with Crippen molar-refractivity contribution < 1.29 is 13.5 Å². The number of rotatable bonds is 4. The largest absolute Gasteiger partial charge is 0.392 e. The van der Waals surface area contributed by atoms with Gasteiger partial charge in [0.05, 0.1) is 17.6 Å². The topological polar surface area (TPSA) is 57.6 Å². The number of likely N-dealkylation sites (N-methyl/N-ethyl adjacent to an activating group) is 1. The SMILES string of the molecule is CCC(O)CN(C)C1CCS(=O)(=O)C1. The maximum Gasteiger partial charge on any atom is 0.151 e. The van der Waals surface area contributed by atoms with Crippen LogP contribution in [0.5, 0.6) is 0 Å². The molecule has 2 atom stereocenters. The van der Waals surface area contributed by atoms with Gasteiger partial charge in [-0.1, -0.05) is 6.92 Å². The van der Waals surface area contributed by atoms with E-state index in [9.17, 15) is 13.5 Å². The van der Waals surface area contributed by atoms with Crippen molar-refractivity contribution in [2.75, 3.05) is 25.1 Å². The molecular formula is C9H19NO3S. The third-order valence-electron chi connectivity index (χ3n) is 2.80. The van der Waals surface area contributed by atoms with E-state index in [2.05, 4.69) is 0 Å². The van der Waals surface area contributed by atoms with Gasteiger partial charge in [-0.15, -0.1) is 0 Å². The van der Waals surface area contributed by atoms with E-state index in [0.717, 1.165) is 0 Å². The number of nitrogens with zero attached hydrogens (tertiary/aromatic N) is 1. The van der Waals surface area contributed by atoms with Gasteiger partial charge in [0.15, 0.2) is 9.84 Å². The first-order valence-corrected chi connectivity index (χ1v) is 6.85. The van der Waals surface area contributed by atoms with Crippen molar-refractivity contribution in [3.8, 4) is 0 Å². The second kappa shape index (κ2) is 4.59. The summed E-state index contributed by atoms with van der Waals surface area (Å²) in [5.41, 5.74) is 0. The summed E-state index contributed by atoms with van der Waals surface area (Å²) in [6.45, 7) is 2.49. The minimum atomic E-state index is -2.81. The molecule has 1 rings (SSSR count). The van der Waals surface area contributed by atoms with E-state index in [1.807, 2.05) is 18.9 Å². The Labute approximate surface area is 85.8 Å². The molecule has 0 aromatic rings. The third kappa shape index (κ3) is 3.22. The molecule has 0 saturated carbocycles. The van der Waals surface area contributed by atoms with Gasteiger partial charge in [-0.25, -0.2) is 8.42 Å². The highest BCUT2D eigenvalue weighted by atomic mass is 32.2. The van der Waals surface area contributed by atoms with Crippen molar-refractivity contribution in [3.05, 3.63) is 0 Å². The zero-order valence-electron chi connectivity index (χ0n) is 8.81. The number of sulfone groups is 1. The summed E-state index contributed by atoms with van der Waals surface area (Å²) in [5.74, 6) is 0.546. The summed E-state index contributed by atoms with van der Waals surface area (Å²) in [6, 6.07) is 0.0983. The monoisotopic (exact) mass is 221 g/mol. The molecule has 0 aromatic heterocycles. The number of hydrogen-bond donors (Lipinski definition) is 1. The van der Waals surface area contributed by atoms with Crippen molar-refractivity contribution in [3.63, 3.8) is 0 Å². The fourth-order valence-electron chi connectivity index (χ4n) is 1.73. The van der Waals surface area contributed by atoms with Gasteiger partial charge in [0.25, 0.3) is 0 Å². The van der Waals surface area contributed by atoms with Gasteiger partial charge in [0.1, 0.15) is 0 Å². The molecule has 5 heteroatoms. The molecule has 2 unspecified atom stereocenters. The van der Waals surface area contributed by atoms with Gasteiger partial charge in [-0.05, 0) is 19.9 Å². The van der Waals surface area contributed by atoms with Crippen LogP contribution in [0.4, 0.5) is 0 Å². The van der Waals surface area contributed by atoms with Crippen LogP contribution in [0, 0.1) is 0 Å². The van der Waals surface area contributed by atoms with Crippen molar-refractivity contribution in [2.45, 2.75) is 31.9 Å². The Morgan fingerprint density at radius 3 is 2.64 bits per heavy atom. The smallest absolute Gasteiger partial charge is 0.151 e. The predicted octanol–water partition coefficient (Wildman–Crippen LogP) is -0.124. The number of hydrogen-bond acceptors (Lipinski definition) is 4. The van der Waals surface area contributed by atoms with Crippen LogP contribution in [-0.4, -0.2) is 55.7 Å².